The molecule has 0 saturated heterocycles. The van der Waals surface area contributed by atoms with Gasteiger partial charge in [0.1, 0.15) is 5.03 Å². The summed E-state index contributed by atoms with van der Waals surface area (Å²) in [5, 5.41) is 17.6. The van der Waals surface area contributed by atoms with Crippen molar-refractivity contribution in [3.63, 3.8) is 0 Å². The summed E-state index contributed by atoms with van der Waals surface area (Å²) in [5.41, 5.74) is 3.63. The van der Waals surface area contributed by atoms with Crippen molar-refractivity contribution in [2.24, 2.45) is 0 Å². The number of rotatable bonds is 7. The summed E-state index contributed by atoms with van der Waals surface area (Å²) < 4.78 is 1.74. The molecule has 8 heteroatoms. The molecule has 30 heavy (non-hydrogen) atoms. The zero-order valence-electron chi connectivity index (χ0n) is 16.4. The van der Waals surface area contributed by atoms with Crippen molar-refractivity contribution in [1.82, 2.24) is 25.1 Å². The molecule has 0 fully saturated rings. The molecule has 0 radical (unpaired) electrons. The maximum atomic E-state index is 12.3. The smallest absolute Gasteiger partial charge is 0.251 e. The number of thioether (sulfide) groups is 1. The van der Waals surface area contributed by atoms with Crippen LogP contribution in [-0.2, 0) is 12.2 Å². The van der Waals surface area contributed by atoms with Crippen LogP contribution in [0, 0.1) is 6.92 Å². The maximum Gasteiger partial charge on any atom is 0.251 e. The number of hydrogen-bond donors (Lipinski definition) is 1. The number of hydrogen-bond acceptors (Lipinski definition) is 5. The van der Waals surface area contributed by atoms with Gasteiger partial charge in [-0.1, -0.05) is 53.2 Å². The van der Waals surface area contributed by atoms with E-state index in [1.165, 1.54) is 5.56 Å². The van der Waals surface area contributed by atoms with Crippen LogP contribution in [-0.4, -0.2) is 32.3 Å². The second kappa shape index (κ2) is 9.28. The molecule has 0 saturated carbocycles. The standard InChI is InChI=1S/C22H20ClN5OS/c1-15-2-6-17(7-3-15)22(29)24-13-12-20-26-25-19-10-11-21(27-28(19)20)30-14-16-4-8-18(23)9-5-16/h2-11H,12-14H2,1H3,(H,24,29). The first-order chi connectivity index (χ1) is 14.6. The van der Waals surface area contributed by atoms with Crippen molar-refractivity contribution in [2.75, 3.05) is 6.54 Å². The van der Waals surface area contributed by atoms with Gasteiger partial charge in [-0.05, 0) is 48.9 Å². The second-order valence-corrected chi connectivity index (χ2v) is 8.28. The van der Waals surface area contributed by atoms with E-state index in [-0.39, 0.29) is 5.91 Å². The molecule has 2 aromatic heterocycles. The van der Waals surface area contributed by atoms with E-state index in [0.717, 1.165) is 21.4 Å². The average Bonchev–Trinajstić information content (AvgIpc) is 3.16. The van der Waals surface area contributed by atoms with Crippen LogP contribution >= 0.6 is 23.4 Å². The molecule has 2 aromatic carbocycles. The van der Waals surface area contributed by atoms with Gasteiger partial charge >= 0.3 is 0 Å². The molecule has 4 rings (SSSR count). The molecule has 2 heterocycles. The highest BCUT2D eigenvalue weighted by Gasteiger charge is 2.10. The summed E-state index contributed by atoms with van der Waals surface area (Å²) in [7, 11) is 0. The van der Waals surface area contributed by atoms with Crippen molar-refractivity contribution in [3.8, 4) is 0 Å². The molecular formula is C22H20ClN5OS. The minimum absolute atomic E-state index is 0.101. The third-order valence-electron chi connectivity index (χ3n) is 4.55. The Hall–Kier alpha value is -2.90. The first kappa shape index (κ1) is 20.4. The van der Waals surface area contributed by atoms with E-state index >= 15 is 0 Å². The SMILES string of the molecule is Cc1ccc(C(=O)NCCc2nnc3ccc(SCc4ccc(Cl)cc4)nn23)cc1. The summed E-state index contributed by atoms with van der Waals surface area (Å²) in [6.45, 7) is 2.45. The molecule has 0 atom stereocenters. The highest BCUT2D eigenvalue weighted by molar-refractivity contribution is 7.98. The normalized spacial score (nSPS) is 11.0. The van der Waals surface area contributed by atoms with Gasteiger partial charge < -0.3 is 5.32 Å². The third kappa shape index (κ3) is 4.98. The van der Waals surface area contributed by atoms with Gasteiger partial charge in [0.05, 0.1) is 0 Å². The summed E-state index contributed by atoms with van der Waals surface area (Å²) in [6, 6.07) is 19.1. The molecule has 0 spiro atoms. The number of carbonyl (C=O) groups is 1. The third-order valence-corrected chi connectivity index (χ3v) is 5.79. The van der Waals surface area contributed by atoms with Crippen LogP contribution in [0.25, 0.3) is 5.65 Å². The summed E-state index contributed by atoms with van der Waals surface area (Å²) >= 11 is 7.57. The van der Waals surface area contributed by atoms with Crippen LogP contribution in [0.5, 0.6) is 0 Å². The van der Waals surface area contributed by atoms with Crippen LogP contribution in [0.15, 0.2) is 65.7 Å². The van der Waals surface area contributed by atoms with E-state index in [9.17, 15) is 4.79 Å². The van der Waals surface area contributed by atoms with E-state index < -0.39 is 0 Å². The molecule has 0 aliphatic rings. The largest absolute Gasteiger partial charge is 0.352 e. The summed E-state index contributed by atoms with van der Waals surface area (Å²) in [6.07, 6.45) is 0.539. The lowest BCUT2D eigenvalue weighted by molar-refractivity contribution is 0.0954. The number of carbonyl (C=O) groups excluding carboxylic acids is 1. The number of aromatic nitrogens is 4. The fourth-order valence-corrected chi connectivity index (χ4v) is 3.82. The van der Waals surface area contributed by atoms with Crippen molar-refractivity contribution in [2.45, 2.75) is 24.1 Å². The maximum absolute atomic E-state index is 12.3. The molecule has 152 valence electrons. The average molecular weight is 438 g/mol. The Morgan fingerprint density at radius 2 is 1.80 bits per heavy atom. The zero-order chi connectivity index (χ0) is 20.9. The van der Waals surface area contributed by atoms with Crippen LogP contribution in [0.4, 0.5) is 0 Å². The van der Waals surface area contributed by atoms with Crippen LogP contribution in [0.3, 0.4) is 0 Å². The van der Waals surface area contributed by atoms with Gasteiger partial charge in [-0.3, -0.25) is 4.79 Å². The predicted octanol–water partition coefficient (Wildman–Crippen LogP) is 4.35. The Morgan fingerprint density at radius 1 is 1.03 bits per heavy atom. The topological polar surface area (TPSA) is 72.2 Å². The molecule has 0 aliphatic heterocycles. The van der Waals surface area contributed by atoms with E-state index in [1.54, 1.807) is 16.3 Å². The Bertz CT molecular complexity index is 1160. The molecule has 6 nitrogen and oxygen atoms in total. The van der Waals surface area contributed by atoms with Crippen molar-refractivity contribution in [1.29, 1.82) is 0 Å². The van der Waals surface area contributed by atoms with E-state index in [1.807, 2.05) is 67.6 Å². The monoisotopic (exact) mass is 437 g/mol. The van der Waals surface area contributed by atoms with Gasteiger partial charge in [0.15, 0.2) is 11.5 Å². The molecule has 4 aromatic rings. The molecule has 0 unspecified atom stereocenters. The van der Waals surface area contributed by atoms with Gasteiger partial charge in [-0.15, -0.1) is 10.2 Å². The molecular weight excluding hydrogens is 418 g/mol. The van der Waals surface area contributed by atoms with Crippen molar-refractivity contribution < 1.29 is 4.79 Å². The number of amides is 1. The fraction of sp³-hybridized carbons (Fsp3) is 0.182. The number of fused-ring (bicyclic) bond motifs is 1. The van der Waals surface area contributed by atoms with Gasteiger partial charge in [-0.2, -0.15) is 9.61 Å². The first-order valence-electron chi connectivity index (χ1n) is 9.52. The summed E-state index contributed by atoms with van der Waals surface area (Å²) in [4.78, 5) is 12.3. The van der Waals surface area contributed by atoms with Gasteiger partial charge in [0, 0.05) is 29.3 Å². The van der Waals surface area contributed by atoms with Gasteiger partial charge in [-0.25, -0.2) is 0 Å². The molecule has 0 aliphatic carbocycles. The molecule has 1 N–H and O–H groups in total. The van der Waals surface area contributed by atoms with E-state index in [0.29, 0.717) is 30.0 Å². The lowest BCUT2D eigenvalue weighted by Crippen LogP contribution is -2.26. The first-order valence-corrected chi connectivity index (χ1v) is 10.9. The molecule has 0 bridgehead atoms. The van der Waals surface area contributed by atoms with Crippen LogP contribution in [0.2, 0.25) is 5.02 Å². The van der Waals surface area contributed by atoms with Crippen molar-refractivity contribution in [3.05, 3.63) is 88.2 Å². The number of nitrogens with zero attached hydrogens (tertiary/aromatic N) is 4. The van der Waals surface area contributed by atoms with Gasteiger partial charge in [0.25, 0.3) is 5.91 Å². The van der Waals surface area contributed by atoms with E-state index in [4.69, 9.17) is 11.6 Å². The Morgan fingerprint density at radius 3 is 2.57 bits per heavy atom. The summed E-state index contributed by atoms with van der Waals surface area (Å²) in [5.74, 6) is 1.40. The highest BCUT2D eigenvalue weighted by atomic mass is 35.5. The second-order valence-electron chi connectivity index (χ2n) is 6.84. The number of aryl methyl sites for hydroxylation is 1. The number of halogens is 1. The Kier molecular flexibility index (Phi) is 6.30. The van der Waals surface area contributed by atoms with Crippen LogP contribution in [0.1, 0.15) is 27.3 Å². The Balaban J connectivity index is 1.38. The minimum Gasteiger partial charge on any atom is -0.352 e. The molecule has 1 amide bonds. The van der Waals surface area contributed by atoms with Crippen molar-refractivity contribution >= 4 is 34.9 Å². The zero-order valence-corrected chi connectivity index (χ0v) is 18.0. The quantitative estimate of drug-likeness (QED) is 0.435. The fourth-order valence-electron chi connectivity index (χ4n) is 2.88. The Labute approximate surface area is 183 Å². The lowest BCUT2D eigenvalue weighted by Gasteiger charge is -2.06. The number of benzene rings is 2. The predicted molar refractivity (Wildman–Crippen MR) is 119 cm³/mol. The van der Waals surface area contributed by atoms with Crippen LogP contribution < -0.4 is 5.32 Å². The van der Waals surface area contributed by atoms with Gasteiger partial charge in [0.2, 0.25) is 0 Å². The van der Waals surface area contributed by atoms with E-state index in [2.05, 4.69) is 20.6 Å². The highest BCUT2D eigenvalue weighted by Crippen LogP contribution is 2.22. The minimum atomic E-state index is -0.101. The lowest BCUT2D eigenvalue weighted by atomic mass is 10.1. The number of nitrogens with one attached hydrogen (secondary N) is 1.